The first-order valence-electron chi connectivity index (χ1n) is 5.20. The third kappa shape index (κ3) is 4.17. The number of nitrogens with zero attached hydrogens (tertiary/aromatic N) is 2. The summed E-state index contributed by atoms with van der Waals surface area (Å²) in [6.07, 6.45) is 1.48. The quantitative estimate of drug-likeness (QED) is 0.563. The Kier molecular flexibility index (Phi) is 4.53. The van der Waals surface area contributed by atoms with E-state index in [4.69, 9.17) is 5.21 Å². The molecule has 0 saturated carbocycles. The van der Waals surface area contributed by atoms with Gasteiger partial charge in [-0.2, -0.15) is 0 Å². The predicted molar refractivity (Wildman–Crippen MR) is 59.2 cm³/mol. The normalized spacial score (nSPS) is 19.1. The summed E-state index contributed by atoms with van der Waals surface area (Å²) in [7, 11) is -2.86. The first kappa shape index (κ1) is 12.4. The average Bonchev–Trinajstić information content (AvgIpc) is 2.27. The van der Waals surface area contributed by atoms with Crippen LogP contribution in [0.2, 0.25) is 0 Å². The zero-order chi connectivity index (χ0) is 11.3. The second-order valence-corrected chi connectivity index (χ2v) is 6.22. The molecule has 0 aromatic carbocycles. The maximum atomic E-state index is 11.3. The summed E-state index contributed by atoms with van der Waals surface area (Å²) in [6.45, 7) is 3.84. The van der Waals surface area contributed by atoms with Crippen LogP contribution in [0.25, 0.3) is 0 Å². The first-order valence-corrected chi connectivity index (χ1v) is 7.02. The van der Waals surface area contributed by atoms with Crippen molar-refractivity contribution in [2.75, 3.05) is 31.1 Å². The molecule has 1 N–H and O–H groups in total. The van der Waals surface area contributed by atoms with Crippen LogP contribution in [-0.4, -0.2) is 55.4 Å². The molecular formula is C9H18N2O3S. The summed E-state index contributed by atoms with van der Waals surface area (Å²) < 4.78 is 22.5. The molecule has 0 unspecified atom stereocenters. The van der Waals surface area contributed by atoms with E-state index in [1.165, 1.54) is 0 Å². The van der Waals surface area contributed by atoms with Gasteiger partial charge in [-0.05, 0) is 0 Å². The SMILES string of the molecule is CCS(=O)(=O)CCN1CCC(=NO)CC1. The molecule has 1 rings (SSSR count). The van der Waals surface area contributed by atoms with Gasteiger partial charge in [0, 0.05) is 38.2 Å². The highest BCUT2D eigenvalue weighted by molar-refractivity contribution is 7.91. The van der Waals surface area contributed by atoms with E-state index >= 15 is 0 Å². The van der Waals surface area contributed by atoms with Crippen molar-refractivity contribution >= 4 is 15.5 Å². The molecule has 0 bridgehead atoms. The fourth-order valence-electron chi connectivity index (χ4n) is 1.55. The van der Waals surface area contributed by atoms with Crippen LogP contribution < -0.4 is 0 Å². The summed E-state index contributed by atoms with van der Waals surface area (Å²) in [4.78, 5) is 2.10. The van der Waals surface area contributed by atoms with Gasteiger partial charge in [-0.25, -0.2) is 8.42 Å². The minimum Gasteiger partial charge on any atom is -0.411 e. The molecule has 0 aliphatic carbocycles. The van der Waals surface area contributed by atoms with Crippen LogP contribution in [0.3, 0.4) is 0 Å². The van der Waals surface area contributed by atoms with Gasteiger partial charge in [-0.3, -0.25) is 0 Å². The van der Waals surface area contributed by atoms with Crippen molar-refractivity contribution in [2.24, 2.45) is 5.16 Å². The summed E-state index contributed by atoms with van der Waals surface area (Å²) in [5, 5.41) is 11.7. The van der Waals surface area contributed by atoms with Crippen LogP contribution in [0.5, 0.6) is 0 Å². The van der Waals surface area contributed by atoms with Gasteiger partial charge in [0.2, 0.25) is 0 Å². The van der Waals surface area contributed by atoms with Crippen molar-refractivity contribution in [3.63, 3.8) is 0 Å². The van der Waals surface area contributed by atoms with Gasteiger partial charge in [0.05, 0.1) is 11.5 Å². The first-order chi connectivity index (χ1) is 7.07. The number of rotatable bonds is 4. The molecule has 0 amide bonds. The molecule has 15 heavy (non-hydrogen) atoms. The molecule has 0 aromatic heterocycles. The van der Waals surface area contributed by atoms with E-state index in [-0.39, 0.29) is 11.5 Å². The Morgan fingerprint density at radius 2 is 2.00 bits per heavy atom. The number of hydrogen-bond acceptors (Lipinski definition) is 5. The number of oxime groups is 1. The number of piperidine rings is 1. The highest BCUT2D eigenvalue weighted by atomic mass is 32.2. The summed E-state index contributed by atoms with van der Waals surface area (Å²) in [5.41, 5.74) is 0.810. The predicted octanol–water partition coefficient (Wildman–Crippen LogP) is 0.347. The molecule has 0 radical (unpaired) electrons. The van der Waals surface area contributed by atoms with Gasteiger partial charge in [0.1, 0.15) is 0 Å². The van der Waals surface area contributed by atoms with Crippen LogP contribution in [0.15, 0.2) is 5.16 Å². The van der Waals surface area contributed by atoms with E-state index in [0.29, 0.717) is 6.54 Å². The number of hydrogen-bond donors (Lipinski definition) is 1. The molecule has 1 aliphatic rings. The Morgan fingerprint density at radius 3 is 2.47 bits per heavy atom. The van der Waals surface area contributed by atoms with E-state index in [1.807, 2.05) is 0 Å². The van der Waals surface area contributed by atoms with Gasteiger partial charge in [0.15, 0.2) is 9.84 Å². The fourth-order valence-corrected chi connectivity index (χ4v) is 2.37. The Labute approximate surface area is 90.7 Å². The lowest BCUT2D eigenvalue weighted by atomic mass is 10.1. The molecule has 1 saturated heterocycles. The highest BCUT2D eigenvalue weighted by Crippen LogP contribution is 2.07. The minimum absolute atomic E-state index is 0.212. The number of sulfone groups is 1. The minimum atomic E-state index is -2.86. The Morgan fingerprint density at radius 1 is 1.40 bits per heavy atom. The van der Waals surface area contributed by atoms with Crippen LogP contribution in [-0.2, 0) is 9.84 Å². The van der Waals surface area contributed by atoms with Gasteiger partial charge >= 0.3 is 0 Å². The van der Waals surface area contributed by atoms with E-state index < -0.39 is 9.84 Å². The van der Waals surface area contributed by atoms with E-state index in [0.717, 1.165) is 31.6 Å². The van der Waals surface area contributed by atoms with Gasteiger partial charge in [-0.15, -0.1) is 0 Å². The van der Waals surface area contributed by atoms with Crippen LogP contribution in [0.4, 0.5) is 0 Å². The topological polar surface area (TPSA) is 70.0 Å². The summed E-state index contributed by atoms with van der Waals surface area (Å²) in [6, 6.07) is 0. The van der Waals surface area contributed by atoms with Crippen molar-refractivity contribution in [2.45, 2.75) is 19.8 Å². The second-order valence-electron chi connectivity index (χ2n) is 3.74. The smallest absolute Gasteiger partial charge is 0.151 e. The van der Waals surface area contributed by atoms with E-state index in [9.17, 15) is 8.42 Å². The van der Waals surface area contributed by atoms with Crippen LogP contribution in [0.1, 0.15) is 19.8 Å². The van der Waals surface area contributed by atoms with Crippen molar-refractivity contribution in [3.05, 3.63) is 0 Å². The third-order valence-corrected chi connectivity index (χ3v) is 4.42. The van der Waals surface area contributed by atoms with E-state index in [1.54, 1.807) is 6.92 Å². The van der Waals surface area contributed by atoms with Gasteiger partial charge in [-0.1, -0.05) is 12.1 Å². The van der Waals surface area contributed by atoms with Crippen molar-refractivity contribution < 1.29 is 13.6 Å². The lowest BCUT2D eigenvalue weighted by molar-refractivity contribution is 0.274. The maximum absolute atomic E-state index is 11.3. The molecule has 1 fully saturated rings. The van der Waals surface area contributed by atoms with Crippen molar-refractivity contribution in [1.29, 1.82) is 0 Å². The lowest BCUT2D eigenvalue weighted by Gasteiger charge is -2.26. The third-order valence-electron chi connectivity index (χ3n) is 2.73. The van der Waals surface area contributed by atoms with Gasteiger partial charge < -0.3 is 10.1 Å². The Balaban J connectivity index is 2.31. The molecule has 5 nitrogen and oxygen atoms in total. The second kappa shape index (κ2) is 5.46. The molecule has 88 valence electrons. The van der Waals surface area contributed by atoms with Gasteiger partial charge in [0.25, 0.3) is 0 Å². The molecule has 0 aromatic rings. The zero-order valence-electron chi connectivity index (χ0n) is 9.02. The molecule has 6 heteroatoms. The zero-order valence-corrected chi connectivity index (χ0v) is 9.83. The van der Waals surface area contributed by atoms with Crippen molar-refractivity contribution in [3.8, 4) is 0 Å². The molecule has 0 spiro atoms. The van der Waals surface area contributed by atoms with Crippen LogP contribution in [0, 0.1) is 0 Å². The van der Waals surface area contributed by atoms with E-state index in [2.05, 4.69) is 10.1 Å². The maximum Gasteiger partial charge on any atom is 0.151 e. The van der Waals surface area contributed by atoms with Crippen molar-refractivity contribution in [1.82, 2.24) is 4.90 Å². The molecule has 0 atom stereocenters. The standard InChI is InChI=1S/C9H18N2O3S/c1-2-15(13,14)8-7-11-5-3-9(10-12)4-6-11/h12H,2-8H2,1H3. The lowest BCUT2D eigenvalue weighted by Crippen LogP contribution is -2.37. The summed E-state index contributed by atoms with van der Waals surface area (Å²) in [5.74, 6) is 0.444. The Bertz CT molecular complexity index is 314. The molecular weight excluding hydrogens is 216 g/mol. The Hall–Kier alpha value is -0.620. The fraction of sp³-hybridized carbons (Fsp3) is 0.889. The monoisotopic (exact) mass is 234 g/mol. The average molecular weight is 234 g/mol. The molecule has 1 aliphatic heterocycles. The largest absolute Gasteiger partial charge is 0.411 e. The van der Waals surface area contributed by atoms with Crippen LogP contribution >= 0.6 is 0 Å². The highest BCUT2D eigenvalue weighted by Gasteiger charge is 2.17. The summed E-state index contributed by atoms with van der Waals surface area (Å²) >= 11 is 0. The molecule has 1 heterocycles. The number of likely N-dealkylation sites (tertiary alicyclic amines) is 1.